The Labute approximate surface area is 169 Å². The lowest BCUT2D eigenvalue weighted by Gasteiger charge is -2.16. The first-order valence-corrected chi connectivity index (χ1v) is 8.96. The lowest BCUT2D eigenvalue weighted by atomic mass is 10.0. The maximum absolute atomic E-state index is 14.5. The van der Waals surface area contributed by atoms with Gasteiger partial charge in [-0.2, -0.15) is 13.2 Å². The lowest BCUT2D eigenvalue weighted by molar-refractivity contribution is -0.137. The number of amides is 1. The second kappa shape index (κ2) is 8.31. The number of alkyl halides is 3. The van der Waals surface area contributed by atoms with Gasteiger partial charge in [-0.25, -0.2) is 9.38 Å². The molecule has 1 atom stereocenters. The molecule has 3 rings (SSSR count). The van der Waals surface area contributed by atoms with Crippen LogP contribution in [0.3, 0.4) is 0 Å². The summed E-state index contributed by atoms with van der Waals surface area (Å²) in [6.07, 6.45) is -2.31. The molecule has 0 radical (unpaired) electrons. The van der Waals surface area contributed by atoms with Gasteiger partial charge in [0.25, 0.3) is 5.91 Å². The van der Waals surface area contributed by atoms with Crippen LogP contribution in [-0.4, -0.2) is 52.5 Å². The quantitative estimate of drug-likeness (QED) is 0.599. The minimum absolute atomic E-state index is 0.0498. The summed E-state index contributed by atoms with van der Waals surface area (Å²) in [4.78, 5) is 26.0. The highest BCUT2D eigenvalue weighted by Gasteiger charge is 2.31. The molecule has 2 aromatic rings. The fraction of sp³-hybridized carbons (Fsp3) is 0.300. The number of aromatic nitrogens is 1. The fourth-order valence-corrected chi connectivity index (χ4v) is 3.15. The van der Waals surface area contributed by atoms with Crippen molar-refractivity contribution in [3.8, 4) is 11.1 Å². The lowest BCUT2D eigenvalue weighted by Crippen LogP contribution is -2.34. The summed E-state index contributed by atoms with van der Waals surface area (Å²) in [7, 11) is 0. The molecule has 6 nitrogen and oxygen atoms in total. The van der Waals surface area contributed by atoms with Gasteiger partial charge < -0.3 is 10.0 Å². The van der Waals surface area contributed by atoms with Crippen LogP contribution < -0.4 is 0 Å². The first-order chi connectivity index (χ1) is 14.1. The molecule has 10 heteroatoms. The van der Waals surface area contributed by atoms with Crippen molar-refractivity contribution >= 4 is 29.7 Å². The molecule has 1 unspecified atom stereocenters. The van der Waals surface area contributed by atoms with Crippen molar-refractivity contribution in [3.05, 3.63) is 42.0 Å². The minimum Gasteiger partial charge on any atom is -0.391 e. The zero-order chi connectivity index (χ0) is 22.1. The highest BCUT2D eigenvalue weighted by Crippen LogP contribution is 2.40. The van der Waals surface area contributed by atoms with Crippen LogP contribution in [0.4, 0.5) is 28.9 Å². The number of aliphatic hydroxyl groups excluding tert-OH is 1. The van der Waals surface area contributed by atoms with Crippen LogP contribution in [0.25, 0.3) is 11.1 Å². The number of hydrogen-bond acceptors (Lipinski definition) is 5. The largest absolute Gasteiger partial charge is 0.416 e. The van der Waals surface area contributed by atoms with Gasteiger partial charge in [-0.15, -0.1) is 0 Å². The van der Waals surface area contributed by atoms with E-state index < -0.39 is 29.6 Å². The highest BCUT2D eigenvalue weighted by atomic mass is 19.4. The van der Waals surface area contributed by atoms with Crippen LogP contribution in [-0.2, 0) is 11.0 Å². The molecule has 158 valence electrons. The minimum atomic E-state index is -4.69. The molecule has 1 aliphatic rings. The van der Waals surface area contributed by atoms with Crippen molar-refractivity contribution in [1.82, 2.24) is 9.88 Å². The summed E-state index contributed by atoms with van der Waals surface area (Å²) in [6.45, 7) is 5.40. The predicted octanol–water partition coefficient (Wildman–Crippen LogP) is 3.92. The number of nitrogens with zero attached hydrogens (tertiary/aromatic N) is 4. The van der Waals surface area contributed by atoms with E-state index in [1.165, 1.54) is 24.2 Å². The zero-order valence-electron chi connectivity index (χ0n) is 15.9. The maximum atomic E-state index is 14.5. The molecule has 2 heterocycles. The van der Waals surface area contributed by atoms with E-state index in [4.69, 9.17) is 0 Å². The molecule has 0 bridgehead atoms. The normalized spacial score (nSPS) is 17.3. The van der Waals surface area contributed by atoms with E-state index in [9.17, 15) is 27.5 Å². The van der Waals surface area contributed by atoms with Crippen LogP contribution in [0.5, 0.6) is 0 Å². The monoisotopic (exact) mass is 422 g/mol. The van der Waals surface area contributed by atoms with Crippen molar-refractivity contribution in [3.63, 3.8) is 0 Å². The van der Waals surface area contributed by atoms with Gasteiger partial charge in [0.15, 0.2) is 0 Å². The molecule has 1 aromatic carbocycles. The van der Waals surface area contributed by atoms with E-state index in [1.54, 1.807) is 0 Å². The maximum Gasteiger partial charge on any atom is 0.416 e. The number of carbonyl (C=O) groups is 1. The molecule has 0 spiro atoms. The molecule has 1 fully saturated rings. The number of aliphatic hydroxyl groups is 1. The third-order valence-electron chi connectivity index (χ3n) is 4.69. The zero-order valence-corrected chi connectivity index (χ0v) is 15.9. The standard InChI is InChI=1S/C20H18F4N4O2/c1-11(19(30)28-6-5-13(29)10-28)27-18-15(8-26-9-17(18)25-2)14-4-3-12(7-16(14)21)20(22,23)24/h3-4,7-9,13,29H,2,5-6,10H2,1H3. The Morgan fingerprint density at radius 1 is 1.30 bits per heavy atom. The number of halogens is 4. The van der Waals surface area contributed by atoms with Gasteiger partial charge in [-0.05, 0) is 32.2 Å². The van der Waals surface area contributed by atoms with E-state index in [0.29, 0.717) is 19.0 Å². The first kappa shape index (κ1) is 21.6. The summed E-state index contributed by atoms with van der Waals surface area (Å²) in [5.41, 5.74) is -0.978. The molecular formula is C20H18F4N4O2. The van der Waals surface area contributed by atoms with Crippen molar-refractivity contribution in [2.24, 2.45) is 9.98 Å². The molecule has 0 saturated carbocycles. The summed E-state index contributed by atoms with van der Waals surface area (Å²) in [6, 6.07) is 2.12. The number of rotatable bonds is 4. The third kappa shape index (κ3) is 4.38. The molecule has 1 aliphatic heterocycles. The van der Waals surface area contributed by atoms with Crippen LogP contribution in [0, 0.1) is 5.82 Å². The Hall–Kier alpha value is -3.14. The first-order valence-electron chi connectivity index (χ1n) is 8.96. The Kier molecular flexibility index (Phi) is 5.97. The van der Waals surface area contributed by atoms with E-state index in [0.717, 1.165) is 12.1 Å². The topological polar surface area (TPSA) is 78.2 Å². The van der Waals surface area contributed by atoms with Crippen LogP contribution in [0.1, 0.15) is 18.9 Å². The van der Waals surface area contributed by atoms with Crippen molar-refractivity contribution in [2.45, 2.75) is 25.6 Å². The third-order valence-corrected chi connectivity index (χ3v) is 4.69. The van der Waals surface area contributed by atoms with Crippen molar-refractivity contribution in [2.75, 3.05) is 13.1 Å². The number of aliphatic imine (C=N–C) groups is 2. The average molecular weight is 422 g/mol. The van der Waals surface area contributed by atoms with Crippen LogP contribution >= 0.6 is 0 Å². The average Bonchev–Trinajstić information content (AvgIpc) is 3.13. The number of hydrogen-bond donors (Lipinski definition) is 1. The molecule has 30 heavy (non-hydrogen) atoms. The van der Waals surface area contributed by atoms with Crippen molar-refractivity contribution in [1.29, 1.82) is 0 Å². The highest BCUT2D eigenvalue weighted by molar-refractivity contribution is 6.38. The Balaban J connectivity index is 2.06. The van der Waals surface area contributed by atoms with Gasteiger partial charge in [0.05, 0.1) is 17.9 Å². The second-order valence-electron chi connectivity index (χ2n) is 6.80. The van der Waals surface area contributed by atoms with E-state index in [-0.39, 0.29) is 34.8 Å². The van der Waals surface area contributed by atoms with Crippen LogP contribution in [0.2, 0.25) is 0 Å². The molecule has 1 amide bonds. The SMILES string of the molecule is C=Nc1cncc(-c2ccc(C(F)(F)F)cc2F)c1N=C(C)C(=O)N1CCC(O)C1. The number of carbonyl (C=O) groups excluding carboxylic acids is 1. The Morgan fingerprint density at radius 2 is 2.03 bits per heavy atom. The summed E-state index contributed by atoms with van der Waals surface area (Å²) in [5, 5.41) is 9.62. The van der Waals surface area contributed by atoms with E-state index in [2.05, 4.69) is 21.7 Å². The fourth-order valence-electron chi connectivity index (χ4n) is 3.15. The Morgan fingerprint density at radius 3 is 2.60 bits per heavy atom. The molecule has 1 aromatic heterocycles. The van der Waals surface area contributed by atoms with Gasteiger partial charge in [0.2, 0.25) is 0 Å². The van der Waals surface area contributed by atoms with Gasteiger partial charge in [-0.3, -0.25) is 14.8 Å². The van der Waals surface area contributed by atoms with Crippen molar-refractivity contribution < 1.29 is 27.5 Å². The molecular weight excluding hydrogens is 404 g/mol. The molecule has 0 aliphatic carbocycles. The number of likely N-dealkylation sites (tertiary alicyclic amines) is 1. The van der Waals surface area contributed by atoms with E-state index in [1.807, 2.05) is 0 Å². The summed E-state index contributed by atoms with van der Waals surface area (Å²) in [5.74, 6) is -1.53. The van der Waals surface area contributed by atoms with Gasteiger partial charge >= 0.3 is 6.18 Å². The van der Waals surface area contributed by atoms with Gasteiger partial charge in [0, 0.05) is 30.4 Å². The van der Waals surface area contributed by atoms with E-state index >= 15 is 0 Å². The summed E-state index contributed by atoms with van der Waals surface area (Å²) < 4.78 is 53.1. The summed E-state index contributed by atoms with van der Waals surface area (Å²) >= 11 is 0. The second-order valence-corrected chi connectivity index (χ2v) is 6.80. The number of β-amino-alcohol motifs (C(OH)–C–C–N with tert-alkyl or cyclic N) is 1. The predicted molar refractivity (Wildman–Crippen MR) is 104 cm³/mol. The number of benzene rings is 1. The van der Waals surface area contributed by atoms with Gasteiger partial charge in [-0.1, -0.05) is 6.07 Å². The molecule has 1 saturated heterocycles. The van der Waals surface area contributed by atoms with Gasteiger partial charge in [0.1, 0.15) is 22.9 Å². The molecule has 1 N–H and O–H groups in total. The number of pyridine rings is 1. The van der Waals surface area contributed by atoms with Crippen LogP contribution in [0.15, 0.2) is 40.6 Å². The Bertz CT molecular complexity index is 1020. The smallest absolute Gasteiger partial charge is 0.391 e.